The van der Waals surface area contributed by atoms with Gasteiger partial charge in [-0.25, -0.2) is 0 Å². The topological polar surface area (TPSA) is 18.5 Å². The van der Waals surface area contributed by atoms with Crippen molar-refractivity contribution >= 4 is 43.5 Å². The van der Waals surface area contributed by atoms with Crippen LogP contribution in [0.3, 0.4) is 0 Å². The zero-order chi connectivity index (χ0) is 11.5. The molecule has 1 aromatic rings. The van der Waals surface area contributed by atoms with Crippen LogP contribution in [0.2, 0.25) is 0 Å². The summed E-state index contributed by atoms with van der Waals surface area (Å²) in [5, 5.41) is 0. The molecule has 1 aliphatic rings. The van der Waals surface area contributed by atoms with Gasteiger partial charge in [-0.2, -0.15) is 0 Å². The van der Waals surface area contributed by atoms with Crippen LogP contribution in [0.5, 0.6) is 5.75 Å². The number of hydrogen-bond acceptors (Lipinski definition) is 2. The highest BCUT2D eigenvalue weighted by Gasteiger charge is 2.20. The lowest BCUT2D eigenvalue weighted by Gasteiger charge is -2.15. The Kier molecular flexibility index (Phi) is 4.53. The monoisotopic (exact) mass is 368 g/mol. The molecule has 16 heavy (non-hydrogen) atoms. The molecule has 0 aliphatic carbocycles. The highest BCUT2D eigenvalue weighted by molar-refractivity contribution is 9.11. The van der Waals surface area contributed by atoms with Gasteiger partial charge in [0.1, 0.15) is 11.9 Å². The van der Waals surface area contributed by atoms with Crippen LogP contribution in [0, 0.1) is 0 Å². The van der Waals surface area contributed by atoms with E-state index in [1.807, 2.05) is 12.1 Å². The second-order valence-corrected chi connectivity index (χ2v) is 5.60. The lowest BCUT2D eigenvalue weighted by atomic mass is 10.2. The molecule has 1 heterocycles. The van der Waals surface area contributed by atoms with Gasteiger partial charge in [0.05, 0.1) is 22.2 Å². The number of benzene rings is 1. The standard InChI is InChI=1S/C11H11Br2ClO2/c12-9-3-7(5-14)4-10(13)11(9)16-8-1-2-15-6-8/h3-4,8H,1-2,5-6H2. The SMILES string of the molecule is ClCc1cc(Br)c(OC2CCOC2)c(Br)c1. The predicted molar refractivity (Wildman–Crippen MR) is 71.3 cm³/mol. The van der Waals surface area contributed by atoms with Crippen LogP contribution in [-0.2, 0) is 10.6 Å². The van der Waals surface area contributed by atoms with Gasteiger partial charge in [0.25, 0.3) is 0 Å². The average molecular weight is 370 g/mol. The molecule has 1 atom stereocenters. The molecule has 0 aromatic heterocycles. The van der Waals surface area contributed by atoms with Crippen molar-refractivity contribution in [2.45, 2.75) is 18.4 Å². The van der Waals surface area contributed by atoms with Crippen LogP contribution in [0.4, 0.5) is 0 Å². The van der Waals surface area contributed by atoms with E-state index in [0.717, 1.165) is 33.3 Å². The van der Waals surface area contributed by atoms with Crippen LogP contribution in [-0.4, -0.2) is 19.3 Å². The molecular formula is C11H11Br2ClO2. The summed E-state index contributed by atoms with van der Waals surface area (Å²) in [6.07, 6.45) is 1.09. The molecule has 1 aromatic carbocycles. The van der Waals surface area contributed by atoms with Gasteiger partial charge in [-0.05, 0) is 49.6 Å². The molecule has 5 heteroatoms. The summed E-state index contributed by atoms with van der Waals surface area (Å²) >= 11 is 12.8. The quantitative estimate of drug-likeness (QED) is 0.746. The van der Waals surface area contributed by atoms with Crippen molar-refractivity contribution in [3.05, 3.63) is 26.6 Å². The minimum Gasteiger partial charge on any atom is -0.486 e. The van der Waals surface area contributed by atoms with Crippen molar-refractivity contribution in [2.24, 2.45) is 0 Å². The summed E-state index contributed by atoms with van der Waals surface area (Å²) in [7, 11) is 0. The maximum absolute atomic E-state index is 5.87. The van der Waals surface area contributed by atoms with Crippen LogP contribution in [0.1, 0.15) is 12.0 Å². The molecule has 2 rings (SSSR count). The molecule has 0 amide bonds. The fourth-order valence-corrected chi connectivity index (χ4v) is 3.20. The number of alkyl halides is 1. The van der Waals surface area contributed by atoms with Crippen LogP contribution in [0.25, 0.3) is 0 Å². The van der Waals surface area contributed by atoms with Gasteiger partial charge in [0, 0.05) is 12.3 Å². The molecule has 88 valence electrons. The number of ether oxygens (including phenoxy) is 2. The van der Waals surface area contributed by atoms with E-state index in [-0.39, 0.29) is 6.10 Å². The number of hydrogen-bond donors (Lipinski definition) is 0. The molecule has 0 spiro atoms. The molecule has 1 fully saturated rings. The van der Waals surface area contributed by atoms with E-state index in [0.29, 0.717) is 12.5 Å². The van der Waals surface area contributed by atoms with Gasteiger partial charge in [0.15, 0.2) is 0 Å². The molecule has 1 aliphatic heterocycles. The Balaban J connectivity index is 2.19. The van der Waals surface area contributed by atoms with Crippen molar-refractivity contribution in [3.8, 4) is 5.75 Å². The van der Waals surface area contributed by atoms with E-state index in [9.17, 15) is 0 Å². The lowest BCUT2D eigenvalue weighted by Crippen LogP contribution is -2.16. The predicted octanol–water partition coefficient (Wildman–Crippen LogP) is 4.12. The first-order valence-electron chi connectivity index (χ1n) is 4.99. The molecule has 0 radical (unpaired) electrons. The molecule has 0 bridgehead atoms. The van der Waals surface area contributed by atoms with Crippen molar-refractivity contribution in [1.82, 2.24) is 0 Å². The third kappa shape index (κ3) is 2.92. The van der Waals surface area contributed by atoms with Crippen molar-refractivity contribution in [1.29, 1.82) is 0 Å². The fourth-order valence-electron chi connectivity index (χ4n) is 1.57. The largest absolute Gasteiger partial charge is 0.486 e. The second-order valence-electron chi connectivity index (χ2n) is 3.63. The average Bonchev–Trinajstić information content (AvgIpc) is 2.75. The van der Waals surface area contributed by atoms with Gasteiger partial charge in [-0.15, -0.1) is 11.6 Å². The van der Waals surface area contributed by atoms with E-state index >= 15 is 0 Å². The van der Waals surface area contributed by atoms with E-state index in [1.54, 1.807) is 0 Å². The first kappa shape index (κ1) is 12.7. The molecule has 0 N–H and O–H groups in total. The summed E-state index contributed by atoms with van der Waals surface area (Å²) in [5.41, 5.74) is 1.05. The third-order valence-electron chi connectivity index (χ3n) is 2.38. The second kappa shape index (κ2) is 5.71. The number of rotatable bonds is 3. The van der Waals surface area contributed by atoms with E-state index in [2.05, 4.69) is 31.9 Å². The summed E-state index contributed by atoms with van der Waals surface area (Å²) < 4.78 is 13.0. The Hall–Kier alpha value is 0.230. The highest BCUT2D eigenvalue weighted by atomic mass is 79.9. The Bertz CT molecular complexity index is 355. The Labute approximate surface area is 117 Å². The fraction of sp³-hybridized carbons (Fsp3) is 0.455. The van der Waals surface area contributed by atoms with Gasteiger partial charge in [0.2, 0.25) is 0 Å². The third-order valence-corrected chi connectivity index (χ3v) is 3.87. The molecule has 2 nitrogen and oxygen atoms in total. The molecule has 1 saturated heterocycles. The molecule has 0 saturated carbocycles. The maximum Gasteiger partial charge on any atom is 0.148 e. The Morgan fingerprint density at radius 3 is 2.56 bits per heavy atom. The zero-order valence-electron chi connectivity index (χ0n) is 8.51. The van der Waals surface area contributed by atoms with Gasteiger partial charge >= 0.3 is 0 Å². The molecular weight excluding hydrogens is 359 g/mol. The van der Waals surface area contributed by atoms with E-state index in [4.69, 9.17) is 21.1 Å². The summed E-state index contributed by atoms with van der Waals surface area (Å²) in [6.45, 7) is 1.44. The first-order valence-corrected chi connectivity index (χ1v) is 7.11. The lowest BCUT2D eigenvalue weighted by molar-refractivity contribution is 0.140. The molecule has 1 unspecified atom stereocenters. The summed E-state index contributed by atoms with van der Waals surface area (Å²) in [6, 6.07) is 3.95. The van der Waals surface area contributed by atoms with E-state index in [1.165, 1.54) is 0 Å². The van der Waals surface area contributed by atoms with Crippen molar-refractivity contribution in [2.75, 3.05) is 13.2 Å². The Morgan fingerprint density at radius 1 is 1.38 bits per heavy atom. The van der Waals surface area contributed by atoms with Crippen LogP contribution < -0.4 is 4.74 Å². The normalized spacial score (nSPS) is 20.1. The smallest absolute Gasteiger partial charge is 0.148 e. The van der Waals surface area contributed by atoms with Gasteiger partial charge in [-0.1, -0.05) is 0 Å². The maximum atomic E-state index is 5.87. The van der Waals surface area contributed by atoms with Gasteiger partial charge in [-0.3, -0.25) is 0 Å². The van der Waals surface area contributed by atoms with Crippen LogP contribution >= 0.6 is 43.5 Å². The van der Waals surface area contributed by atoms with Gasteiger partial charge < -0.3 is 9.47 Å². The first-order chi connectivity index (χ1) is 7.70. The minimum absolute atomic E-state index is 0.148. The van der Waals surface area contributed by atoms with E-state index < -0.39 is 0 Å². The van der Waals surface area contributed by atoms with Crippen molar-refractivity contribution < 1.29 is 9.47 Å². The highest BCUT2D eigenvalue weighted by Crippen LogP contribution is 2.36. The Morgan fingerprint density at radius 2 is 2.06 bits per heavy atom. The number of halogens is 3. The minimum atomic E-state index is 0.148. The van der Waals surface area contributed by atoms with Crippen LogP contribution in [0.15, 0.2) is 21.1 Å². The summed E-state index contributed by atoms with van der Waals surface area (Å²) in [5.74, 6) is 1.31. The zero-order valence-corrected chi connectivity index (χ0v) is 12.4. The van der Waals surface area contributed by atoms with Crippen molar-refractivity contribution in [3.63, 3.8) is 0 Å². The summed E-state index contributed by atoms with van der Waals surface area (Å²) in [4.78, 5) is 0.